The van der Waals surface area contributed by atoms with Crippen LogP contribution in [0.15, 0.2) is 0 Å². The second-order valence-corrected chi connectivity index (χ2v) is 3.76. The van der Waals surface area contributed by atoms with E-state index in [0.717, 1.165) is 32.4 Å². The summed E-state index contributed by atoms with van der Waals surface area (Å²) in [6.45, 7) is 2.03. The molecule has 1 heterocycles. The quantitative estimate of drug-likeness (QED) is 0.668. The number of hydrogen-bond acceptors (Lipinski definition) is 2. The second kappa shape index (κ2) is 6.22. The van der Waals surface area contributed by atoms with Gasteiger partial charge in [0, 0.05) is 18.3 Å². The zero-order valence-corrected chi connectivity index (χ0v) is 8.57. The van der Waals surface area contributed by atoms with Crippen molar-refractivity contribution in [2.24, 2.45) is 0 Å². The highest BCUT2D eigenvalue weighted by molar-refractivity contribution is 6.17. The maximum Gasteiger partial charge on any atom is 0.220 e. The first-order valence-corrected chi connectivity index (χ1v) is 5.42. The number of piperidine rings is 1. The van der Waals surface area contributed by atoms with Crippen LogP contribution in [0.4, 0.5) is 0 Å². The molecule has 1 saturated heterocycles. The normalized spacial score (nSPS) is 18.5. The van der Waals surface area contributed by atoms with Crippen LogP contribution >= 0.6 is 11.6 Å². The Morgan fingerprint density at radius 3 is 2.77 bits per heavy atom. The highest BCUT2D eigenvalue weighted by atomic mass is 35.5. The lowest BCUT2D eigenvalue weighted by Gasteiger charge is -2.23. The fourth-order valence-corrected chi connectivity index (χ4v) is 1.63. The number of hydrogen-bond donors (Lipinski definition) is 2. The Morgan fingerprint density at radius 1 is 1.46 bits per heavy atom. The van der Waals surface area contributed by atoms with Crippen molar-refractivity contribution in [2.45, 2.75) is 31.7 Å². The number of rotatable bonds is 4. The lowest BCUT2D eigenvalue weighted by atomic mass is 10.1. The molecule has 4 heteroatoms. The van der Waals surface area contributed by atoms with Crippen molar-refractivity contribution in [3.05, 3.63) is 0 Å². The summed E-state index contributed by atoms with van der Waals surface area (Å²) in [6.07, 6.45) is 3.44. The molecule has 1 amide bonds. The molecule has 0 bridgehead atoms. The molecule has 1 aliphatic heterocycles. The highest BCUT2D eigenvalue weighted by Crippen LogP contribution is 2.02. The van der Waals surface area contributed by atoms with Crippen LogP contribution in [0.1, 0.15) is 25.7 Å². The van der Waals surface area contributed by atoms with Gasteiger partial charge in [0.05, 0.1) is 0 Å². The number of amides is 1. The van der Waals surface area contributed by atoms with Crippen LogP contribution in [0.2, 0.25) is 0 Å². The van der Waals surface area contributed by atoms with Gasteiger partial charge in [-0.05, 0) is 32.4 Å². The largest absolute Gasteiger partial charge is 0.353 e. The zero-order valence-electron chi connectivity index (χ0n) is 7.81. The molecule has 1 aliphatic rings. The van der Waals surface area contributed by atoms with Gasteiger partial charge in [-0.25, -0.2) is 0 Å². The molecule has 0 saturated carbocycles. The summed E-state index contributed by atoms with van der Waals surface area (Å²) in [6, 6.07) is 0.379. The molecule has 0 aromatic heterocycles. The summed E-state index contributed by atoms with van der Waals surface area (Å²) in [7, 11) is 0. The van der Waals surface area contributed by atoms with Crippen molar-refractivity contribution in [2.75, 3.05) is 19.0 Å². The van der Waals surface area contributed by atoms with Crippen LogP contribution < -0.4 is 10.6 Å². The highest BCUT2D eigenvalue weighted by Gasteiger charge is 2.14. The van der Waals surface area contributed by atoms with Gasteiger partial charge in [0.2, 0.25) is 5.91 Å². The molecule has 1 rings (SSSR count). The molecule has 0 spiro atoms. The van der Waals surface area contributed by atoms with E-state index in [0.29, 0.717) is 18.3 Å². The average molecular weight is 205 g/mol. The lowest BCUT2D eigenvalue weighted by Crippen LogP contribution is -2.42. The van der Waals surface area contributed by atoms with E-state index in [1.165, 1.54) is 0 Å². The van der Waals surface area contributed by atoms with Crippen LogP contribution in [0, 0.1) is 0 Å². The first-order chi connectivity index (χ1) is 6.33. The van der Waals surface area contributed by atoms with E-state index in [9.17, 15) is 4.79 Å². The Kier molecular flexibility index (Phi) is 5.16. The standard InChI is InChI=1S/C9H17ClN2O/c10-5-1-2-9(13)12-8-3-6-11-7-4-8/h8,11H,1-7H2,(H,12,13). The van der Waals surface area contributed by atoms with E-state index in [1.807, 2.05) is 0 Å². The molecular formula is C9H17ClN2O. The van der Waals surface area contributed by atoms with Gasteiger partial charge in [0.1, 0.15) is 0 Å². The van der Waals surface area contributed by atoms with Crippen molar-refractivity contribution in [3.63, 3.8) is 0 Å². The van der Waals surface area contributed by atoms with Crippen molar-refractivity contribution >= 4 is 17.5 Å². The third-order valence-electron chi connectivity index (χ3n) is 2.24. The summed E-state index contributed by atoms with van der Waals surface area (Å²) in [5.74, 6) is 0.715. The number of nitrogens with one attached hydrogen (secondary N) is 2. The van der Waals surface area contributed by atoms with E-state index >= 15 is 0 Å². The molecule has 1 fully saturated rings. The third kappa shape index (κ3) is 4.48. The van der Waals surface area contributed by atoms with E-state index in [-0.39, 0.29) is 5.91 Å². The minimum atomic E-state index is 0.146. The van der Waals surface area contributed by atoms with Crippen LogP contribution in [-0.2, 0) is 4.79 Å². The maximum atomic E-state index is 11.3. The van der Waals surface area contributed by atoms with Crippen molar-refractivity contribution in [3.8, 4) is 0 Å². The average Bonchev–Trinajstić information content (AvgIpc) is 2.16. The Labute approximate surface area is 84.2 Å². The van der Waals surface area contributed by atoms with Gasteiger partial charge in [-0.1, -0.05) is 0 Å². The van der Waals surface area contributed by atoms with Crippen LogP contribution in [-0.4, -0.2) is 30.9 Å². The van der Waals surface area contributed by atoms with Crippen molar-refractivity contribution < 1.29 is 4.79 Å². The molecule has 0 radical (unpaired) electrons. The molecule has 3 nitrogen and oxygen atoms in total. The second-order valence-electron chi connectivity index (χ2n) is 3.38. The summed E-state index contributed by atoms with van der Waals surface area (Å²) < 4.78 is 0. The molecule has 0 unspecified atom stereocenters. The minimum Gasteiger partial charge on any atom is -0.353 e. The smallest absolute Gasteiger partial charge is 0.220 e. The monoisotopic (exact) mass is 204 g/mol. The van der Waals surface area contributed by atoms with Crippen LogP contribution in [0.3, 0.4) is 0 Å². The van der Waals surface area contributed by atoms with Gasteiger partial charge < -0.3 is 10.6 Å². The maximum absolute atomic E-state index is 11.3. The Balaban J connectivity index is 2.11. The lowest BCUT2D eigenvalue weighted by molar-refractivity contribution is -0.121. The molecule has 0 aromatic rings. The minimum absolute atomic E-state index is 0.146. The molecule has 13 heavy (non-hydrogen) atoms. The topological polar surface area (TPSA) is 41.1 Å². The predicted molar refractivity (Wildman–Crippen MR) is 54.0 cm³/mol. The Morgan fingerprint density at radius 2 is 2.15 bits per heavy atom. The molecule has 0 atom stereocenters. The van der Waals surface area contributed by atoms with Crippen LogP contribution in [0.25, 0.3) is 0 Å². The molecule has 2 N–H and O–H groups in total. The summed E-state index contributed by atoms with van der Waals surface area (Å²) in [5.41, 5.74) is 0. The van der Waals surface area contributed by atoms with E-state index in [1.54, 1.807) is 0 Å². The summed E-state index contributed by atoms with van der Waals surface area (Å²) in [4.78, 5) is 11.3. The van der Waals surface area contributed by atoms with Crippen molar-refractivity contribution in [1.29, 1.82) is 0 Å². The van der Waals surface area contributed by atoms with Gasteiger partial charge in [-0.3, -0.25) is 4.79 Å². The number of alkyl halides is 1. The number of carbonyl (C=O) groups excluding carboxylic acids is 1. The van der Waals surface area contributed by atoms with Crippen molar-refractivity contribution in [1.82, 2.24) is 10.6 Å². The van der Waals surface area contributed by atoms with E-state index in [4.69, 9.17) is 11.6 Å². The van der Waals surface area contributed by atoms with Gasteiger partial charge >= 0.3 is 0 Å². The first-order valence-electron chi connectivity index (χ1n) is 4.89. The summed E-state index contributed by atoms with van der Waals surface area (Å²) in [5, 5.41) is 6.27. The Hall–Kier alpha value is -0.280. The number of halogens is 1. The van der Waals surface area contributed by atoms with Gasteiger partial charge in [-0.2, -0.15) is 0 Å². The fraction of sp³-hybridized carbons (Fsp3) is 0.889. The van der Waals surface area contributed by atoms with E-state index in [2.05, 4.69) is 10.6 Å². The molecular weight excluding hydrogens is 188 g/mol. The van der Waals surface area contributed by atoms with Gasteiger partial charge in [0.25, 0.3) is 0 Å². The fourth-order valence-electron chi connectivity index (χ4n) is 1.49. The third-order valence-corrected chi connectivity index (χ3v) is 2.51. The SMILES string of the molecule is O=C(CCCCl)NC1CCNCC1. The van der Waals surface area contributed by atoms with Crippen LogP contribution in [0.5, 0.6) is 0 Å². The van der Waals surface area contributed by atoms with Gasteiger partial charge in [-0.15, -0.1) is 11.6 Å². The zero-order chi connectivity index (χ0) is 9.52. The Bertz CT molecular complexity index is 158. The molecule has 76 valence electrons. The number of carbonyl (C=O) groups is 1. The predicted octanol–water partition coefficient (Wildman–Crippen LogP) is 0.874. The first kappa shape index (κ1) is 10.8. The van der Waals surface area contributed by atoms with Gasteiger partial charge in [0.15, 0.2) is 0 Å². The summed E-state index contributed by atoms with van der Waals surface area (Å²) >= 11 is 5.50. The van der Waals surface area contributed by atoms with E-state index < -0.39 is 0 Å². The molecule has 0 aromatic carbocycles. The molecule has 0 aliphatic carbocycles.